The van der Waals surface area contributed by atoms with Gasteiger partial charge in [0.15, 0.2) is 0 Å². The van der Waals surface area contributed by atoms with Crippen molar-refractivity contribution in [1.82, 2.24) is 0 Å². The van der Waals surface area contributed by atoms with Crippen LogP contribution in [0.4, 0.5) is 0 Å². The van der Waals surface area contributed by atoms with Crippen LogP contribution in [0.25, 0.3) is 0 Å². The monoisotopic (exact) mass is 184 g/mol. The Morgan fingerprint density at radius 1 is 1.33 bits per heavy atom. The minimum absolute atomic E-state index is 0.722. The largest absolute Gasteiger partial charge is 0.126 e. The van der Waals surface area contributed by atoms with Crippen LogP contribution in [-0.4, -0.2) is 5.88 Å². The highest BCUT2D eigenvalue weighted by atomic mass is 35.5. The molecule has 0 aliphatic rings. The van der Waals surface area contributed by atoms with Crippen molar-refractivity contribution in [2.75, 3.05) is 5.88 Å². The van der Waals surface area contributed by atoms with Crippen LogP contribution in [0.5, 0.6) is 0 Å². The molecule has 0 radical (unpaired) electrons. The Balaban J connectivity index is 0. The van der Waals surface area contributed by atoms with Crippen molar-refractivity contribution >= 4 is 11.6 Å². The fourth-order valence-electron chi connectivity index (χ4n) is 0.693. The molecule has 0 unspecified atom stereocenters. The van der Waals surface area contributed by atoms with Crippen LogP contribution in [-0.2, 0) is 0 Å². The fraction of sp³-hybridized carbons (Fsp3) is 0.455. The smallest absolute Gasteiger partial charge is 0.0260 e. The Hall–Kier alpha value is -0.670. The summed E-state index contributed by atoms with van der Waals surface area (Å²) in [6.07, 6.45) is 13.3. The van der Waals surface area contributed by atoms with Crippen molar-refractivity contribution in [3.63, 3.8) is 0 Å². The average molecular weight is 185 g/mol. The predicted molar refractivity (Wildman–Crippen MR) is 58.4 cm³/mol. The summed E-state index contributed by atoms with van der Waals surface area (Å²) in [6.45, 7) is 6.24. The Kier molecular flexibility index (Phi) is 12.0. The van der Waals surface area contributed by atoms with Crippen LogP contribution in [0, 0.1) is 12.8 Å². The molecule has 0 fully saturated rings. The van der Waals surface area contributed by atoms with E-state index in [2.05, 4.69) is 38.8 Å². The molecule has 12 heavy (non-hydrogen) atoms. The zero-order chi connectivity index (χ0) is 9.98. The Morgan fingerprint density at radius 3 is 2.17 bits per heavy atom. The maximum absolute atomic E-state index is 5.56. The van der Waals surface area contributed by atoms with Gasteiger partial charge in [-0.1, -0.05) is 23.3 Å². The summed E-state index contributed by atoms with van der Waals surface area (Å²) in [7, 11) is 0. The van der Waals surface area contributed by atoms with Gasteiger partial charge in [-0.2, -0.15) is 0 Å². The summed E-state index contributed by atoms with van der Waals surface area (Å²) in [5.74, 6) is 0.722. The third-order valence-electron chi connectivity index (χ3n) is 1.42. The van der Waals surface area contributed by atoms with Crippen molar-refractivity contribution in [2.24, 2.45) is 0 Å². The van der Waals surface area contributed by atoms with Gasteiger partial charge >= 0.3 is 0 Å². The zero-order valence-electron chi connectivity index (χ0n) is 8.10. The Labute approximate surface area is 81.3 Å². The topological polar surface area (TPSA) is 0 Å². The van der Waals surface area contributed by atoms with Gasteiger partial charge in [-0.15, -0.1) is 24.4 Å². The van der Waals surface area contributed by atoms with E-state index in [1.54, 1.807) is 0 Å². The lowest BCUT2D eigenvalue weighted by molar-refractivity contribution is 1.10. The lowest BCUT2D eigenvalue weighted by atomic mass is 10.1. The van der Waals surface area contributed by atoms with Gasteiger partial charge in [-0.25, -0.2) is 0 Å². The molecule has 0 aliphatic carbocycles. The minimum Gasteiger partial charge on any atom is -0.126 e. The van der Waals surface area contributed by atoms with E-state index >= 15 is 0 Å². The molecule has 0 bridgehead atoms. The van der Waals surface area contributed by atoms with Crippen molar-refractivity contribution in [2.45, 2.75) is 27.2 Å². The molecule has 0 atom stereocenters. The normalized spacial score (nSPS) is 11.8. The van der Waals surface area contributed by atoms with Gasteiger partial charge in [0.2, 0.25) is 0 Å². The van der Waals surface area contributed by atoms with Crippen molar-refractivity contribution in [1.29, 1.82) is 0 Å². The number of alkyl halides is 1. The van der Waals surface area contributed by atoms with Crippen LogP contribution in [0.3, 0.4) is 0 Å². The number of terminal acetylenes is 1. The number of hydrogen-bond acceptors (Lipinski definition) is 0. The lowest BCUT2D eigenvalue weighted by Crippen LogP contribution is -1.78. The van der Waals surface area contributed by atoms with Gasteiger partial charge in [0.25, 0.3) is 0 Å². The molecular formula is C11H17Cl. The van der Waals surface area contributed by atoms with Crippen LogP contribution >= 0.6 is 11.6 Å². The van der Waals surface area contributed by atoms with E-state index in [1.807, 2.05) is 6.92 Å². The van der Waals surface area contributed by atoms with E-state index in [0.717, 1.165) is 12.3 Å². The molecule has 0 aromatic rings. The second-order valence-corrected chi connectivity index (χ2v) is 2.84. The van der Waals surface area contributed by atoms with Crippen LogP contribution < -0.4 is 0 Å². The van der Waals surface area contributed by atoms with E-state index in [0.29, 0.717) is 0 Å². The van der Waals surface area contributed by atoms with E-state index in [-0.39, 0.29) is 0 Å². The molecule has 0 saturated carbocycles. The van der Waals surface area contributed by atoms with Crippen LogP contribution in [0.1, 0.15) is 27.2 Å². The fourth-order valence-corrected chi connectivity index (χ4v) is 0.991. The first kappa shape index (κ1) is 13.9. The van der Waals surface area contributed by atoms with E-state index in [4.69, 9.17) is 11.6 Å². The average Bonchev–Trinajstić information content (AvgIpc) is 2.08. The van der Waals surface area contributed by atoms with E-state index < -0.39 is 0 Å². The summed E-state index contributed by atoms with van der Waals surface area (Å²) in [5.41, 5.74) is 2.66. The van der Waals surface area contributed by atoms with E-state index in [1.165, 1.54) is 11.1 Å². The second kappa shape index (κ2) is 10.3. The lowest BCUT2D eigenvalue weighted by Gasteiger charge is -1.95. The molecule has 1 heteroatoms. The number of rotatable bonds is 3. The highest BCUT2D eigenvalue weighted by Crippen LogP contribution is 2.05. The standard InChI is InChI=1S/C9H15Cl.C2H2/c1-4-8(2)7-9(3)5-6-10;1-2/h4,7H,5-6H2,1-3H3;1-2H/b8-4-,9-7-;. The number of allylic oxidation sites excluding steroid dienone is 4. The number of hydrogen-bond donors (Lipinski definition) is 0. The van der Waals surface area contributed by atoms with Gasteiger partial charge in [-0.05, 0) is 27.2 Å². The summed E-state index contributed by atoms with van der Waals surface area (Å²) in [6, 6.07) is 0. The molecule has 0 aromatic heterocycles. The zero-order valence-corrected chi connectivity index (χ0v) is 8.86. The van der Waals surface area contributed by atoms with Gasteiger partial charge in [0.1, 0.15) is 0 Å². The second-order valence-electron chi connectivity index (χ2n) is 2.46. The molecule has 0 spiro atoms. The summed E-state index contributed by atoms with van der Waals surface area (Å²) in [4.78, 5) is 0. The summed E-state index contributed by atoms with van der Waals surface area (Å²) >= 11 is 5.56. The molecule has 0 aromatic carbocycles. The summed E-state index contributed by atoms with van der Waals surface area (Å²) in [5, 5.41) is 0. The molecule has 0 amide bonds. The van der Waals surface area contributed by atoms with Crippen LogP contribution in [0.15, 0.2) is 23.3 Å². The first-order valence-corrected chi connectivity index (χ1v) is 4.43. The first-order valence-electron chi connectivity index (χ1n) is 3.90. The molecule has 0 N–H and O–H groups in total. The van der Waals surface area contributed by atoms with E-state index in [9.17, 15) is 0 Å². The molecule has 0 nitrogen and oxygen atoms in total. The van der Waals surface area contributed by atoms with Gasteiger partial charge in [-0.3, -0.25) is 0 Å². The highest BCUT2D eigenvalue weighted by molar-refractivity contribution is 6.17. The third-order valence-corrected chi connectivity index (χ3v) is 1.61. The molecule has 68 valence electrons. The molecular weight excluding hydrogens is 168 g/mol. The third kappa shape index (κ3) is 9.33. The quantitative estimate of drug-likeness (QED) is 0.356. The molecule has 0 rings (SSSR count). The van der Waals surface area contributed by atoms with Crippen molar-refractivity contribution in [3.05, 3.63) is 23.3 Å². The first-order chi connectivity index (χ1) is 5.70. The molecule has 0 saturated heterocycles. The van der Waals surface area contributed by atoms with Gasteiger partial charge < -0.3 is 0 Å². The van der Waals surface area contributed by atoms with Crippen LogP contribution in [0.2, 0.25) is 0 Å². The van der Waals surface area contributed by atoms with Crippen molar-refractivity contribution in [3.8, 4) is 12.8 Å². The minimum atomic E-state index is 0.722. The number of halogens is 1. The maximum atomic E-state index is 5.56. The highest BCUT2D eigenvalue weighted by Gasteiger charge is 1.87. The molecule has 0 heterocycles. The summed E-state index contributed by atoms with van der Waals surface area (Å²) < 4.78 is 0. The van der Waals surface area contributed by atoms with Gasteiger partial charge in [0, 0.05) is 5.88 Å². The SMILES string of the molecule is C#C.C/C=C(C)\C=C(\C)CCCl. The Bertz CT molecular complexity index is 173. The Morgan fingerprint density at radius 2 is 1.83 bits per heavy atom. The van der Waals surface area contributed by atoms with Gasteiger partial charge in [0.05, 0.1) is 0 Å². The maximum Gasteiger partial charge on any atom is 0.0260 e. The molecule has 0 aliphatic heterocycles. The van der Waals surface area contributed by atoms with Crippen molar-refractivity contribution < 1.29 is 0 Å². The predicted octanol–water partition coefficient (Wildman–Crippen LogP) is 3.78.